The maximum Gasteiger partial charge on any atom is 0.274 e. The van der Waals surface area contributed by atoms with Gasteiger partial charge in [0.05, 0.1) is 6.04 Å². The Labute approximate surface area is 155 Å². The van der Waals surface area contributed by atoms with Gasteiger partial charge in [-0.15, -0.1) is 0 Å². The normalized spacial score (nSPS) is 12.3. The van der Waals surface area contributed by atoms with E-state index in [0.29, 0.717) is 11.4 Å². The first-order chi connectivity index (χ1) is 13.0. The lowest BCUT2D eigenvalue weighted by Gasteiger charge is -2.22. The molecule has 2 aromatic heterocycles. The standard InChI is InChI=1S/C21H18FN3O2/c1-14(20-13-15-7-3-6-10-19(15)27-20)24(2)21(26)17-11-12-25(23-17)18-9-5-4-8-16(18)22/h3-14H,1-2H3. The molecule has 0 bridgehead atoms. The van der Waals surface area contributed by atoms with E-state index in [0.717, 1.165) is 11.0 Å². The van der Waals surface area contributed by atoms with Gasteiger partial charge in [-0.25, -0.2) is 9.07 Å². The number of aromatic nitrogens is 2. The van der Waals surface area contributed by atoms with E-state index in [-0.39, 0.29) is 17.6 Å². The molecule has 136 valence electrons. The molecular weight excluding hydrogens is 345 g/mol. The van der Waals surface area contributed by atoms with Crippen LogP contribution < -0.4 is 0 Å². The summed E-state index contributed by atoms with van der Waals surface area (Å²) in [5.74, 6) is 0.0298. The molecule has 1 unspecified atom stereocenters. The third-order valence-corrected chi connectivity index (χ3v) is 4.67. The molecule has 2 aromatic carbocycles. The zero-order valence-corrected chi connectivity index (χ0v) is 15.0. The Morgan fingerprint density at radius 1 is 1.15 bits per heavy atom. The Hall–Kier alpha value is -3.41. The highest BCUT2D eigenvalue weighted by molar-refractivity contribution is 5.92. The molecule has 1 amide bonds. The maximum absolute atomic E-state index is 13.9. The second kappa shape index (κ2) is 6.72. The second-order valence-corrected chi connectivity index (χ2v) is 6.38. The van der Waals surface area contributed by atoms with Gasteiger partial charge in [0, 0.05) is 18.6 Å². The van der Waals surface area contributed by atoms with Gasteiger partial charge in [0.1, 0.15) is 22.8 Å². The van der Waals surface area contributed by atoms with Crippen LogP contribution in [0.4, 0.5) is 4.39 Å². The molecule has 1 atom stereocenters. The molecule has 0 aliphatic heterocycles. The van der Waals surface area contributed by atoms with Gasteiger partial charge in [0.2, 0.25) is 0 Å². The summed E-state index contributed by atoms with van der Waals surface area (Å²) < 4.78 is 21.1. The number of amides is 1. The minimum Gasteiger partial charge on any atom is -0.459 e. The van der Waals surface area contributed by atoms with Gasteiger partial charge < -0.3 is 9.32 Å². The first-order valence-electron chi connectivity index (χ1n) is 8.61. The van der Waals surface area contributed by atoms with Crippen LogP contribution in [-0.2, 0) is 0 Å². The van der Waals surface area contributed by atoms with Gasteiger partial charge in [-0.2, -0.15) is 5.10 Å². The van der Waals surface area contributed by atoms with Crippen LogP contribution in [0.1, 0.15) is 29.2 Å². The maximum atomic E-state index is 13.9. The highest BCUT2D eigenvalue weighted by Gasteiger charge is 2.23. The Balaban J connectivity index is 1.58. The van der Waals surface area contributed by atoms with Gasteiger partial charge in [0.25, 0.3) is 5.91 Å². The molecule has 2 heterocycles. The molecule has 6 heteroatoms. The van der Waals surface area contributed by atoms with Crippen molar-refractivity contribution in [3.63, 3.8) is 0 Å². The second-order valence-electron chi connectivity index (χ2n) is 6.38. The number of hydrogen-bond donors (Lipinski definition) is 0. The minimum absolute atomic E-state index is 0.240. The van der Waals surface area contributed by atoms with E-state index in [1.54, 1.807) is 42.4 Å². The lowest BCUT2D eigenvalue weighted by atomic mass is 10.2. The zero-order chi connectivity index (χ0) is 19.0. The van der Waals surface area contributed by atoms with Crippen molar-refractivity contribution in [3.05, 3.63) is 84.1 Å². The minimum atomic E-state index is -0.399. The van der Waals surface area contributed by atoms with Gasteiger partial charge in [-0.3, -0.25) is 4.79 Å². The van der Waals surface area contributed by atoms with E-state index in [2.05, 4.69) is 5.10 Å². The van der Waals surface area contributed by atoms with Gasteiger partial charge in [-0.05, 0) is 37.3 Å². The van der Waals surface area contributed by atoms with Crippen molar-refractivity contribution in [3.8, 4) is 5.69 Å². The number of nitrogens with zero attached hydrogens (tertiary/aromatic N) is 3. The van der Waals surface area contributed by atoms with Crippen molar-refractivity contribution >= 4 is 16.9 Å². The first-order valence-corrected chi connectivity index (χ1v) is 8.61. The number of furan rings is 1. The Bertz CT molecular complexity index is 1080. The topological polar surface area (TPSA) is 51.3 Å². The van der Waals surface area contributed by atoms with Crippen molar-refractivity contribution in [2.75, 3.05) is 7.05 Å². The van der Waals surface area contributed by atoms with Crippen molar-refractivity contribution in [1.82, 2.24) is 14.7 Å². The van der Waals surface area contributed by atoms with Gasteiger partial charge in [-0.1, -0.05) is 30.3 Å². The predicted molar refractivity (Wildman–Crippen MR) is 100 cm³/mol. The van der Waals surface area contributed by atoms with Crippen LogP contribution in [-0.4, -0.2) is 27.6 Å². The lowest BCUT2D eigenvalue weighted by Crippen LogP contribution is -2.29. The molecule has 0 saturated carbocycles. The summed E-state index contributed by atoms with van der Waals surface area (Å²) in [4.78, 5) is 14.4. The highest BCUT2D eigenvalue weighted by atomic mass is 19.1. The summed E-state index contributed by atoms with van der Waals surface area (Å²) in [6.07, 6.45) is 1.57. The lowest BCUT2D eigenvalue weighted by molar-refractivity contribution is 0.0721. The number of carbonyl (C=O) groups is 1. The van der Waals surface area contributed by atoms with Crippen molar-refractivity contribution in [2.45, 2.75) is 13.0 Å². The summed E-state index contributed by atoms with van der Waals surface area (Å²) in [6.45, 7) is 1.89. The van der Waals surface area contributed by atoms with Crippen LogP contribution in [0.2, 0.25) is 0 Å². The summed E-state index contributed by atoms with van der Waals surface area (Å²) in [5, 5.41) is 5.23. The SMILES string of the molecule is CC(c1cc2ccccc2o1)N(C)C(=O)c1ccn(-c2ccccc2F)n1. The Morgan fingerprint density at radius 3 is 2.67 bits per heavy atom. The van der Waals surface area contributed by atoms with Crippen LogP contribution in [0.15, 0.2) is 71.3 Å². The van der Waals surface area contributed by atoms with Crippen molar-refractivity contribution < 1.29 is 13.6 Å². The fraction of sp³-hybridized carbons (Fsp3) is 0.143. The largest absolute Gasteiger partial charge is 0.459 e. The smallest absolute Gasteiger partial charge is 0.274 e. The van der Waals surface area contributed by atoms with E-state index in [1.807, 2.05) is 37.3 Å². The summed E-state index contributed by atoms with van der Waals surface area (Å²) in [5.41, 5.74) is 1.32. The van der Waals surface area contributed by atoms with E-state index < -0.39 is 5.82 Å². The molecule has 0 aliphatic carbocycles. The molecule has 4 rings (SSSR count). The quantitative estimate of drug-likeness (QED) is 0.533. The van der Waals surface area contributed by atoms with Crippen LogP contribution in [0, 0.1) is 5.82 Å². The van der Waals surface area contributed by atoms with Crippen LogP contribution >= 0.6 is 0 Å². The van der Waals surface area contributed by atoms with Crippen LogP contribution in [0.25, 0.3) is 16.7 Å². The average Bonchev–Trinajstić information content (AvgIpc) is 3.33. The number of carbonyl (C=O) groups excluding carboxylic acids is 1. The molecule has 5 nitrogen and oxygen atoms in total. The van der Waals surface area contributed by atoms with Crippen LogP contribution in [0.3, 0.4) is 0 Å². The van der Waals surface area contributed by atoms with E-state index in [1.165, 1.54) is 10.7 Å². The van der Waals surface area contributed by atoms with E-state index >= 15 is 0 Å². The molecular formula is C21H18FN3O2. The molecule has 4 aromatic rings. The van der Waals surface area contributed by atoms with Crippen molar-refractivity contribution in [2.24, 2.45) is 0 Å². The Kier molecular flexibility index (Phi) is 4.24. The number of para-hydroxylation sites is 2. The van der Waals surface area contributed by atoms with E-state index in [4.69, 9.17) is 4.42 Å². The number of rotatable bonds is 4. The van der Waals surface area contributed by atoms with Gasteiger partial charge in [0.15, 0.2) is 5.69 Å². The molecule has 27 heavy (non-hydrogen) atoms. The highest BCUT2D eigenvalue weighted by Crippen LogP contribution is 2.27. The van der Waals surface area contributed by atoms with Crippen LogP contribution in [0.5, 0.6) is 0 Å². The van der Waals surface area contributed by atoms with Crippen molar-refractivity contribution in [1.29, 1.82) is 0 Å². The molecule has 0 N–H and O–H groups in total. The van der Waals surface area contributed by atoms with E-state index in [9.17, 15) is 9.18 Å². The summed E-state index contributed by atoms with van der Waals surface area (Å²) >= 11 is 0. The van der Waals surface area contributed by atoms with Gasteiger partial charge >= 0.3 is 0 Å². The summed E-state index contributed by atoms with van der Waals surface area (Å²) in [6, 6.07) is 17.2. The number of halogens is 1. The monoisotopic (exact) mass is 363 g/mol. The summed E-state index contributed by atoms with van der Waals surface area (Å²) in [7, 11) is 1.70. The third kappa shape index (κ3) is 3.10. The predicted octanol–water partition coefficient (Wildman–Crippen LogP) is 4.59. The fourth-order valence-corrected chi connectivity index (χ4v) is 2.97. The third-order valence-electron chi connectivity index (χ3n) is 4.67. The fourth-order valence-electron chi connectivity index (χ4n) is 2.97. The molecule has 0 spiro atoms. The molecule has 0 fully saturated rings. The number of hydrogen-bond acceptors (Lipinski definition) is 3. The zero-order valence-electron chi connectivity index (χ0n) is 15.0. The molecule has 0 saturated heterocycles. The molecule has 0 aliphatic rings. The Morgan fingerprint density at radius 2 is 1.89 bits per heavy atom. The average molecular weight is 363 g/mol. The first kappa shape index (κ1) is 17.0. The number of benzene rings is 2. The number of fused-ring (bicyclic) bond motifs is 1. The molecule has 0 radical (unpaired) electrons.